The lowest BCUT2D eigenvalue weighted by atomic mass is 10.1. The monoisotopic (exact) mass is 208 g/mol. The molecule has 0 aromatic carbocycles. The average molecular weight is 208 g/mol. The number of hydrogen-bond acceptors (Lipinski definition) is 3. The van der Waals surface area contributed by atoms with Crippen molar-refractivity contribution in [2.24, 2.45) is 10.7 Å². The van der Waals surface area contributed by atoms with Crippen LogP contribution in [0.3, 0.4) is 0 Å². The van der Waals surface area contributed by atoms with Crippen LogP contribution in [0.1, 0.15) is 6.42 Å². The number of thioether (sulfide) groups is 1. The summed E-state index contributed by atoms with van der Waals surface area (Å²) in [4.78, 5) is 4.35. The van der Waals surface area contributed by atoms with Gasteiger partial charge in [0.2, 0.25) is 0 Å². The zero-order valence-corrected chi connectivity index (χ0v) is 9.09. The van der Waals surface area contributed by atoms with Crippen LogP contribution in [0.15, 0.2) is 42.0 Å². The van der Waals surface area contributed by atoms with Gasteiger partial charge in [-0.25, -0.2) is 0 Å². The molecule has 1 aliphatic heterocycles. The fraction of sp³-hybridized carbons (Fsp3) is 0.364. The Labute approximate surface area is 89.7 Å². The quantitative estimate of drug-likeness (QED) is 0.703. The van der Waals surface area contributed by atoms with E-state index < -0.39 is 0 Å². The van der Waals surface area contributed by atoms with Gasteiger partial charge in [0, 0.05) is 12.3 Å². The molecule has 2 N–H and O–H groups in total. The number of hydrogen-bond donors (Lipinski definition) is 1. The summed E-state index contributed by atoms with van der Waals surface area (Å²) in [6, 6.07) is 0.0201. The van der Waals surface area contributed by atoms with Crippen LogP contribution in [0, 0.1) is 0 Å². The van der Waals surface area contributed by atoms with Gasteiger partial charge in [-0.05, 0) is 12.0 Å². The molecule has 0 amide bonds. The first-order chi connectivity index (χ1) is 6.77. The van der Waals surface area contributed by atoms with Gasteiger partial charge in [-0.1, -0.05) is 31.4 Å². The molecule has 0 saturated carbocycles. The summed E-state index contributed by atoms with van der Waals surface area (Å²) in [6.45, 7) is 8.30. The third-order valence-electron chi connectivity index (χ3n) is 1.98. The van der Waals surface area contributed by atoms with Crippen molar-refractivity contribution in [2.75, 3.05) is 12.3 Å². The summed E-state index contributed by atoms with van der Waals surface area (Å²) >= 11 is 1.76. The van der Waals surface area contributed by atoms with E-state index in [1.807, 2.05) is 12.2 Å². The van der Waals surface area contributed by atoms with Crippen molar-refractivity contribution in [3.63, 3.8) is 0 Å². The second kappa shape index (κ2) is 5.83. The second-order valence-electron chi connectivity index (χ2n) is 3.06. The normalized spacial score (nSPS) is 18.9. The minimum atomic E-state index is 0.0201. The SMILES string of the molecule is C=C/C=C(\C=C)C[C@H](N)C1=NCCS1. The van der Waals surface area contributed by atoms with Gasteiger partial charge in [0.25, 0.3) is 0 Å². The zero-order chi connectivity index (χ0) is 10.4. The Balaban J connectivity index is 2.53. The van der Waals surface area contributed by atoms with Crippen molar-refractivity contribution < 1.29 is 0 Å². The molecular formula is C11H16N2S. The molecule has 0 unspecified atom stereocenters. The van der Waals surface area contributed by atoms with Crippen molar-refractivity contribution >= 4 is 16.8 Å². The number of aliphatic imine (C=N–C) groups is 1. The molecule has 0 spiro atoms. The lowest BCUT2D eigenvalue weighted by Crippen LogP contribution is -2.27. The molecule has 1 rings (SSSR count). The summed E-state index contributed by atoms with van der Waals surface area (Å²) in [5.41, 5.74) is 7.12. The molecule has 3 heteroatoms. The molecule has 76 valence electrons. The highest BCUT2D eigenvalue weighted by molar-refractivity contribution is 8.14. The molecule has 14 heavy (non-hydrogen) atoms. The van der Waals surface area contributed by atoms with Crippen molar-refractivity contribution in [1.82, 2.24) is 0 Å². The summed E-state index contributed by atoms with van der Waals surface area (Å²) < 4.78 is 0. The molecule has 0 fully saturated rings. The number of nitrogens with zero attached hydrogens (tertiary/aromatic N) is 1. The molecule has 0 saturated heterocycles. The van der Waals surface area contributed by atoms with E-state index in [2.05, 4.69) is 18.2 Å². The highest BCUT2D eigenvalue weighted by Gasteiger charge is 2.15. The van der Waals surface area contributed by atoms with Gasteiger partial charge in [-0.2, -0.15) is 0 Å². The first-order valence-corrected chi connectivity index (χ1v) is 5.63. The molecule has 1 atom stereocenters. The molecule has 2 nitrogen and oxygen atoms in total. The van der Waals surface area contributed by atoms with Crippen LogP contribution >= 0.6 is 11.8 Å². The van der Waals surface area contributed by atoms with Crippen molar-refractivity contribution in [2.45, 2.75) is 12.5 Å². The fourth-order valence-corrected chi connectivity index (χ4v) is 2.16. The lowest BCUT2D eigenvalue weighted by Gasteiger charge is -2.10. The molecule has 0 aromatic heterocycles. The third kappa shape index (κ3) is 3.16. The van der Waals surface area contributed by atoms with Crippen LogP contribution in [0.2, 0.25) is 0 Å². The van der Waals surface area contributed by atoms with Gasteiger partial charge >= 0.3 is 0 Å². The Kier molecular flexibility index (Phi) is 4.70. The smallest absolute Gasteiger partial charge is 0.0848 e. The molecule has 0 radical (unpaired) electrons. The molecule has 0 aliphatic carbocycles. The predicted octanol–water partition coefficient (Wildman–Crippen LogP) is 2.15. The van der Waals surface area contributed by atoms with E-state index in [-0.39, 0.29) is 6.04 Å². The van der Waals surface area contributed by atoms with Crippen molar-refractivity contribution in [1.29, 1.82) is 0 Å². The molecular weight excluding hydrogens is 192 g/mol. The van der Waals surface area contributed by atoms with E-state index in [4.69, 9.17) is 5.73 Å². The van der Waals surface area contributed by atoms with Gasteiger partial charge in [0.15, 0.2) is 0 Å². The van der Waals surface area contributed by atoms with E-state index in [1.165, 1.54) is 0 Å². The lowest BCUT2D eigenvalue weighted by molar-refractivity contribution is 0.861. The van der Waals surface area contributed by atoms with E-state index in [9.17, 15) is 0 Å². The molecule has 0 bridgehead atoms. The highest BCUT2D eigenvalue weighted by Crippen LogP contribution is 2.18. The summed E-state index contributed by atoms with van der Waals surface area (Å²) in [7, 11) is 0. The first-order valence-electron chi connectivity index (χ1n) is 4.64. The van der Waals surface area contributed by atoms with Crippen molar-refractivity contribution in [3.05, 3.63) is 37.0 Å². The fourth-order valence-electron chi connectivity index (χ4n) is 1.29. The maximum atomic E-state index is 6.01. The molecule has 1 aliphatic rings. The number of nitrogens with two attached hydrogens (primary N) is 1. The Morgan fingerprint density at radius 3 is 2.93 bits per heavy atom. The van der Waals surface area contributed by atoms with Crippen LogP contribution < -0.4 is 5.73 Å². The average Bonchev–Trinajstić information content (AvgIpc) is 2.69. The number of rotatable bonds is 5. The Morgan fingerprint density at radius 2 is 2.43 bits per heavy atom. The van der Waals surface area contributed by atoms with E-state index >= 15 is 0 Å². The van der Waals surface area contributed by atoms with Crippen LogP contribution in [-0.4, -0.2) is 23.4 Å². The zero-order valence-electron chi connectivity index (χ0n) is 8.28. The van der Waals surface area contributed by atoms with E-state index in [1.54, 1.807) is 17.8 Å². The second-order valence-corrected chi connectivity index (χ2v) is 4.18. The topological polar surface area (TPSA) is 38.4 Å². The van der Waals surface area contributed by atoms with Crippen LogP contribution in [0.5, 0.6) is 0 Å². The maximum Gasteiger partial charge on any atom is 0.0848 e. The van der Waals surface area contributed by atoms with Crippen LogP contribution in [0.25, 0.3) is 0 Å². The highest BCUT2D eigenvalue weighted by atomic mass is 32.2. The van der Waals surface area contributed by atoms with Crippen LogP contribution in [0.4, 0.5) is 0 Å². The summed E-state index contributed by atoms with van der Waals surface area (Å²) in [5, 5.41) is 1.07. The number of allylic oxidation sites excluding steroid dienone is 3. The van der Waals surface area contributed by atoms with Gasteiger partial charge < -0.3 is 5.73 Å². The van der Waals surface area contributed by atoms with Gasteiger partial charge in [0.05, 0.1) is 11.1 Å². The largest absolute Gasteiger partial charge is 0.322 e. The van der Waals surface area contributed by atoms with Crippen LogP contribution in [-0.2, 0) is 0 Å². The van der Waals surface area contributed by atoms with E-state index in [0.717, 1.165) is 29.3 Å². The Bertz CT molecular complexity index is 279. The third-order valence-corrected chi connectivity index (χ3v) is 3.09. The Hall–Kier alpha value is -0.800. The summed E-state index contributed by atoms with van der Waals surface area (Å²) in [6.07, 6.45) is 6.31. The Morgan fingerprint density at radius 1 is 1.64 bits per heavy atom. The minimum Gasteiger partial charge on any atom is -0.322 e. The standard InChI is InChI=1S/C11H16N2S/c1-3-5-9(4-2)8-10(12)11-13-6-7-14-11/h3-5,10H,1-2,6-8,12H2/b9-5+/t10-/m0/s1. The van der Waals surface area contributed by atoms with Gasteiger partial charge in [-0.15, -0.1) is 11.8 Å². The predicted molar refractivity (Wildman–Crippen MR) is 65.8 cm³/mol. The first kappa shape index (κ1) is 11.3. The minimum absolute atomic E-state index is 0.0201. The van der Waals surface area contributed by atoms with Crippen molar-refractivity contribution in [3.8, 4) is 0 Å². The molecule has 1 heterocycles. The molecule has 0 aromatic rings. The van der Waals surface area contributed by atoms with Gasteiger partial charge in [-0.3, -0.25) is 4.99 Å². The maximum absolute atomic E-state index is 6.01. The summed E-state index contributed by atoms with van der Waals surface area (Å²) in [5.74, 6) is 1.07. The van der Waals surface area contributed by atoms with Gasteiger partial charge in [0.1, 0.15) is 0 Å². The van der Waals surface area contributed by atoms with E-state index in [0.29, 0.717) is 0 Å².